The molecule has 0 aliphatic carbocycles. The van der Waals surface area contributed by atoms with E-state index in [-0.39, 0.29) is 5.91 Å². The Morgan fingerprint density at radius 3 is 2.17 bits per heavy atom. The molecule has 0 unspecified atom stereocenters. The maximum atomic E-state index is 12.3. The summed E-state index contributed by atoms with van der Waals surface area (Å²) in [4.78, 5) is 17.0. The van der Waals surface area contributed by atoms with Gasteiger partial charge < -0.3 is 15.1 Å². The molecular formula is C20H25N3O. The van der Waals surface area contributed by atoms with Gasteiger partial charge in [-0.1, -0.05) is 19.1 Å². The Hall–Kier alpha value is -2.33. The molecule has 2 aromatic rings. The standard InChI is InChI=1S/C20H25N3O/c1-3-16-4-6-17(7-5-16)20(24)21-18-8-10-19(11-9-18)23-14-12-22(2)13-15-23/h4-11H,3,12-15H2,1-2H3,(H,21,24). The summed E-state index contributed by atoms with van der Waals surface area (Å²) in [5.41, 5.74) is 3.98. The molecule has 0 saturated carbocycles. The Labute approximate surface area is 144 Å². The first-order valence-electron chi connectivity index (χ1n) is 8.59. The molecule has 1 amide bonds. The van der Waals surface area contributed by atoms with Gasteiger partial charge in [0.25, 0.3) is 5.91 Å². The number of rotatable bonds is 4. The van der Waals surface area contributed by atoms with E-state index in [1.165, 1.54) is 11.3 Å². The van der Waals surface area contributed by atoms with Crippen LogP contribution in [0.25, 0.3) is 0 Å². The van der Waals surface area contributed by atoms with Crippen molar-refractivity contribution in [1.82, 2.24) is 4.90 Å². The molecule has 1 aliphatic rings. The smallest absolute Gasteiger partial charge is 0.255 e. The third-order valence-electron chi connectivity index (χ3n) is 4.62. The molecule has 24 heavy (non-hydrogen) atoms. The number of hydrogen-bond acceptors (Lipinski definition) is 3. The fourth-order valence-corrected chi connectivity index (χ4v) is 2.92. The number of likely N-dealkylation sites (N-methyl/N-ethyl adjacent to an activating group) is 1. The lowest BCUT2D eigenvalue weighted by atomic mass is 10.1. The number of amides is 1. The van der Waals surface area contributed by atoms with Crippen LogP contribution in [0.5, 0.6) is 0 Å². The number of carbonyl (C=O) groups excluding carboxylic acids is 1. The second kappa shape index (κ2) is 7.49. The van der Waals surface area contributed by atoms with Crippen molar-refractivity contribution >= 4 is 17.3 Å². The lowest BCUT2D eigenvalue weighted by Gasteiger charge is -2.34. The van der Waals surface area contributed by atoms with E-state index in [9.17, 15) is 4.79 Å². The van der Waals surface area contributed by atoms with Gasteiger partial charge in [-0.3, -0.25) is 4.79 Å². The van der Waals surface area contributed by atoms with Gasteiger partial charge in [-0.15, -0.1) is 0 Å². The van der Waals surface area contributed by atoms with Gasteiger partial charge in [0.1, 0.15) is 0 Å². The maximum Gasteiger partial charge on any atom is 0.255 e. The zero-order chi connectivity index (χ0) is 16.9. The molecule has 1 saturated heterocycles. The molecule has 0 aromatic heterocycles. The highest BCUT2D eigenvalue weighted by Crippen LogP contribution is 2.20. The summed E-state index contributed by atoms with van der Waals surface area (Å²) < 4.78 is 0. The van der Waals surface area contributed by atoms with Crippen LogP contribution >= 0.6 is 0 Å². The minimum Gasteiger partial charge on any atom is -0.369 e. The molecule has 2 aromatic carbocycles. The summed E-state index contributed by atoms with van der Waals surface area (Å²) in [6, 6.07) is 15.9. The van der Waals surface area contributed by atoms with Gasteiger partial charge in [0.15, 0.2) is 0 Å². The van der Waals surface area contributed by atoms with Gasteiger partial charge in [0.05, 0.1) is 0 Å². The van der Waals surface area contributed by atoms with E-state index in [2.05, 4.69) is 41.2 Å². The molecule has 1 fully saturated rings. The van der Waals surface area contributed by atoms with Crippen molar-refractivity contribution < 1.29 is 4.79 Å². The van der Waals surface area contributed by atoms with E-state index in [0.717, 1.165) is 38.3 Å². The van der Waals surface area contributed by atoms with E-state index in [4.69, 9.17) is 0 Å². The van der Waals surface area contributed by atoms with Crippen LogP contribution in [0, 0.1) is 0 Å². The van der Waals surface area contributed by atoms with Crippen molar-refractivity contribution in [2.45, 2.75) is 13.3 Å². The van der Waals surface area contributed by atoms with Crippen LogP contribution in [0.3, 0.4) is 0 Å². The van der Waals surface area contributed by atoms with Gasteiger partial charge >= 0.3 is 0 Å². The van der Waals surface area contributed by atoms with E-state index in [1.54, 1.807) is 0 Å². The van der Waals surface area contributed by atoms with Crippen molar-refractivity contribution in [2.75, 3.05) is 43.4 Å². The molecule has 4 heteroatoms. The van der Waals surface area contributed by atoms with Crippen molar-refractivity contribution in [1.29, 1.82) is 0 Å². The largest absolute Gasteiger partial charge is 0.369 e. The van der Waals surface area contributed by atoms with Gasteiger partial charge in [0.2, 0.25) is 0 Å². The van der Waals surface area contributed by atoms with Crippen LogP contribution in [0.2, 0.25) is 0 Å². The van der Waals surface area contributed by atoms with Crippen LogP contribution in [0.4, 0.5) is 11.4 Å². The van der Waals surface area contributed by atoms with E-state index in [0.29, 0.717) is 5.56 Å². The Kier molecular flexibility index (Phi) is 5.16. The lowest BCUT2D eigenvalue weighted by Crippen LogP contribution is -2.44. The highest BCUT2D eigenvalue weighted by Gasteiger charge is 2.14. The number of anilines is 2. The lowest BCUT2D eigenvalue weighted by molar-refractivity contribution is 0.102. The van der Waals surface area contributed by atoms with Crippen LogP contribution in [0.1, 0.15) is 22.8 Å². The summed E-state index contributed by atoms with van der Waals surface area (Å²) in [6.07, 6.45) is 0.982. The highest BCUT2D eigenvalue weighted by atomic mass is 16.1. The first-order valence-corrected chi connectivity index (χ1v) is 8.59. The molecular weight excluding hydrogens is 298 g/mol. The predicted octanol–water partition coefficient (Wildman–Crippen LogP) is 3.25. The monoisotopic (exact) mass is 323 g/mol. The normalized spacial score (nSPS) is 15.3. The molecule has 126 valence electrons. The van der Waals surface area contributed by atoms with Gasteiger partial charge in [-0.25, -0.2) is 0 Å². The molecule has 1 N–H and O–H groups in total. The third kappa shape index (κ3) is 3.95. The van der Waals surface area contributed by atoms with Crippen molar-refractivity contribution in [2.24, 2.45) is 0 Å². The van der Waals surface area contributed by atoms with Crippen LogP contribution in [0.15, 0.2) is 48.5 Å². The second-order valence-corrected chi connectivity index (χ2v) is 6.34. The van der Waals surface area contributed by atoms with E-state index in [1.807, 2.05) is 36.4 Å². The summed E-state index contributed by atoms with van der Waals surface area (Å²) in [7, 11) is 2.16. The Morgan fingerprint density at radius 2 is 1.58 bits per heavy atom. The minimum absolute atomic E-state index is 0.0648. The van der Waals surface area contributed by atoms with Gasteiger partial charge in [0, 0.05) is 43.1 Å². The average Bonchev–Trinajstić information content (AvgIpc) is 2.63. The predicted molar refractivity (Wildman–Crippen MR) is 99.9 cm³/mol. The molecule has 0 spiro atoms. The van der Waals surface area contributed by atoms with Gasteiger partial charge in [-0.2, -0.15) is 0 Å². The zero-order valence-electron chi connectivity index (χ0n) is 14.5. The van der Waals surface area contributed by atoms with Crippen molar-refractivity contribution in [3.8, 4) is 0 Å². The average molecular weight is 323 g/mol. The molecule has 4 nitrogen and oxygen atoms in total. The van der Waals surface area contributed by atoms with Crippen molar-refractivity contribution in [3.05, 3.63) is 59.7 Å². The van der Waals surface area contributed by atoms with E-state index >= 15 is 0 Å². The van der Waals surface area contributed by atoms with Crippen molar-refractivity contribution in [3.63, 3.8) is 0 Å². The molecule has 1 heterocycles. The fourth-order valence-electron chi connectivity index (χ4n) is 2.92. The minimum atomic E-state index is -0.0648. The summed E-state index contributed by atoms with van der Waals surface area (Å²) in [5, 5.41) is 2.97. The zero-order valence-corrected chi connectivity index (χ0v) is 14.5. The third-order valence-corrected chi connectivity index (χ3v) is 4.62. The SMILES string of the molecule is CCc1ccc(C(=O)Nc2ccc(N3CCN(C)CC3)cc2)cc1. The molecule has 0 radical (unpaired) electrons. The first-order chi connectivity index (χ1) is 11.7. The summed E-state index contributed by atoms with van der Waals surface area (Å²) in [5.74, 6) is -0.0648. The van der Waals surface area contributed by atoms with Crippen LogP contribution in [-0.4, -0.2) is 44.0 Å². The van der Waals surface area contributed by atoms with E-state index < -0.39 is 0 Å². The molecule has 0 bridgehead atoms. The Balaban J connectivity index is 1.62. The highest BCUT2D eigenvalue weighted by molar-refractivity contribution is 6.04. The number of piperazine rings is 1. The fraction of sp³-hybridized carbons (Fsp3) is 0.350. The van der Waals surface area contributed by atoms with Gasteiger partial charge in [-0.05, 0) is 55.4 Å². The topological polar surface area (TPSA) is 35.6 Å². The molecule has 1 aliphatic heterocycles. The van der Waals surface area contributed by atoms with Crippen LogP contribution < -0.4 is 10.2 Å². The summed E-state index contributed by atoms with van der Waals surface area (Å²) >= 11 is 0. The number of nitrogens with one attached hydrogen (secondary N) is 1. The number of benzene rings is 2. The second-order valence-electron chi connectivity index (χ2n) is 6.34. The maximum absolute atomic E-state index is 12.3. The number of aryl methyl sites for hydroxylation is 1. The first kappa shape index (κ1) is 16.5. The Morgan fingerprint density at radius 1 is 0.958 bits per heavy atom. The number of nitrogens with zero attached hydrogens (tertiary/aromatic N) is 2. The van der Waals surface area contributed by atoms with Crippen LogP contribution in [-0.2, 0) is 6.42 Å². The molecule has 3 rings (SSSR count). The number of hydrogen-bond donors (Lipinski definition) is 1. The summed E-state index contributed by atoms with van der Waals surface area (Å²) in [6.45, 7) is 6.38. The quantitative estimate of drug-likeness (QED) is 0.938. The molecule has 0 atom stereocenters. The Bertz CT molecular complexity index is 671. The number of carbonyl (C=O) groups is 1.